The molecule has 0 saturated heterocycles. The van der Waals surface area contributed by atoms with Gasteiger partial charge in [0.2, 0.25) is 0 Å². The highest BCUT2D eigenvalue weighted by atomic mass is 35.5. The van der Waals surface area contributed by atoms with Crippen LogP contribution in [0.1, 0.15) is 15.9 Å². The highest BCUT2D eigenvalue weighted by Crippen LogP contribution is 2.27. The summed E-state index contributed by atoms with van der Waals surface area (Å²) < 4.78 is 10.6. The molecule has 6 heteroatoms. The van der Waals surface area contributed by atoms with Gasteiger partial charge >= 0.3 is 0 Å². The van der Waals surface area contributed by atoms with Crippen molar-refractivity contribution in [3.05, 3.63) is 58.6 Å². The summed E-state index contributed by atoms with van der Waals surface area (Å²) in [6.07, 6.45) is 0.713. The Bertz CT molecular complexity index is 685. The summed E-state index contributed by atoms with van der Waals surface area (Å²) in [5.41, 5.74) is 1.41. The first kappa shape index (κ1) is 16.8. The van der Waals surface area contributed by atoms with E-state index in [1.165, 1.54) is 7.11 Å². The van der Waals surface area contributed by atoms with Gasteiger partial charge in [0.15, 0.2) is 18.1 Å². The highest BCUT2D eigenvalue weighted by molar-refractivity contribution is 6.30. The van der Waals surface area contributed by atoms with Crippen LogP contribution in [0.5, 0.6) is 11.5 Å². The number of benzene rings is 2. The van der Waals surface area contributed by atoms with Gasteiger partial charge in [-0.2, -0.15) is 0 Å². The average Bonchev–Trinajstić information content (AvgIpc) is 2.59. The third-order valence-corrected chi connectivity index (χ3v) is 3.34. The van der Waals surface area contributed by atoms with Gasteiger partial charge in [-0.1, -0.05) is 23.7 Å². The predicted octanol–water partition coefficient (Wildman–Crippen LogP) is 2.86. The van der Waals surface area contributed by atoms with Gasteiger partial charge in [-0.15, -0.1) is 0 Å². The Labute approximate surface area is 139 Å². The van der Waals surface area contributed by atoms with Crippen LogP contribution in [0, 0.1) is 0 Å². The van der Waals surface area contributed by atoms with Gasteiger partial charge in [-0.3, -0.25) is 9.59 Å². The molecule has 1 N–H and O–H groups in total. The Hall–Kier alpha value is -2.53. The number of hydrogen-bond acceptors (Lipinski definition) is 4. The van der Waals surface area contributed by atoms with Gasteiger partial charge in [0, 0.05) is 17.1 Å². The zero-order valence-corrected chi connectivity index (χ0v) is 13.3. The van der Waals surface area contributed by atoms with E-state index in [9.17, 15) is 9.59 Å². The number of amides is 1. The van der Waals surface area contributed by atoms with Gasteiger partial charge < -0.3 is 14.8 Å². The second-order valence-corrected chi connectivity index (χ2v) is 5.16. The number of halogens is 1. The first-order valence-electron chi connectivity index (χ1n) is 6.89. The molecule has 120 valence electrons. The van der Waals surface area contributed by atoms with E-state index in [0.717, 1.165) is 5.56 Å². The molecule has 0 radical (unpaired) electrons. The summed E-state index contributed by atoms with van der Waals surface area (Å²) in [7, 11) is 1.47. The fourth-order valence-electron chi connectivity index (χ4n) is 1.87. The summed E-state index contributed by atoms with van der Waals surface area (Å²) >= 11 is 5.80. The molecule has 0 aliphatic rings. The predicted molar refractivity (Wildman–Crippen MR) is 87.2 cm³/mol. The van der Waals surface area contributed by atoms with Crippen LogP contribution in [0.2, 0.25) is 5.02 Å². The van der Waals surface area contributed by atoms with E-state index in [2.05, 4.69) is 5.32 Å². The van der Waals surface area contributed by atoms with Crippen molar-refractivity contribution in [2.24, 2.45) is 0 Å². The van der Waals surface area contributed by atoms with E-state index in [-0.39, 0.29) is 12.5 Å². The Balaban J connectivity index is 1.86. The maximum Gasteiger partial charge on any atom is 0.258 e. The normalized spacial score (nSPS) is 10.0. The zero-order chi connectivity index (χ0) is 16.7. The second kappa shape index (κ2) is 8.19. The van der Waals surface area contributed by atoms with Crippen molar-refractivity contribution in [2.75, 3.05) is 13.7 Å². The summed E-state index contributed by atoms with van der Waals surface area (Å²) in [6.45, 7) is 0.241. The number of aldehydes is 1. The molecule has 0 saturated carbocycles. The molecule has 0 unspecified atom stereocenters. The monoisotopic (exact) mass is 333 g/mol. The largest absolute Gasteiger partial charge is 0.493 e. The SMILES string of the molecule is COc1cc(C=O)ccc1OCC(=O)NCc1ccc(Cl)cc1. The van der Waals surface area contributed by atoms with Gasteiger partial charge in [0.1, 0.15) is 6.29 Å². The fourth-order valence-corrected chi connectivity index (χ4v) is 2.00. The van der Waals surface area contributed by atoms with Gasteiger partial charge in [-0.05, 0) is 35.9 Å². The number of hydrogen-bond donors (Lipinski definition) is 1. The van der Waals surface area contributed by atoms with Crippen molar-refractivity contribution in [2.45, 2.75) is 6.54 Å². The molecule has 0 aliphatic heterocycles. The molecule has 0 bridgehead atoms. The third-order valence-electron chi connectivity index (χ3n) is 3.09. The van der Waals surface area contributed by atoms with Crippen molar-refractivity contribution < 1.29 is 19.1 Å². The lowest BCUT2D eigenvalue weighted by atomic mass is 10.2. The summed E-state index contributed by atoms with van der Waals surface area (Å²) in [5, 5.41) is 3.39. The minimum Gasteiger partial charge on any atom is -0.493 e. The quantitative estimate of drug-likeness (QED) is 0.791. The Morgan fingerprint density at radius 1 is 1.17 bits per heavy atom. The number of carbonyl (C=O) groups is 2. The van der Waals surface area contributed by atoms with E-state index >= 15 is 0 Å². The van der Waals surface area contributed by atoms with Gasteiger partial charge in [0.05, 0.1) is 7.11 Å². The lowest BCUT2D eigenvalue weighted by molar-refractivity contribution is -0.123. The number of carbonyl (C=O) groups excluding carboxylic acids is 2. The van der Waals surface area contributed by atoms with E-state index in [1.54, 1.807) is 30.3 Å². The Kier molecular flexibility index (Phi) is 6.00. The summed E-state index contributed by atoms with van der Waals surface area (Å²) in [6, 6.07) is 11.9. The number of nitrogens with one attached hydrogen (secondary N) is 1. The highest BCUT2D eigenvalue weighted by Gasteiger charge is 2.08. The van der Waals surface area contributed by atoms with Crippen molar-refractivity contribution in [3.8, 4) is 11.5 Å². The molecule has 2 aromatic rings. The summed E-state index contributed by atoms with van der Waals surface area (Å²) in [4.78, 5) is 22.5. The molecule has 0 fully saturated rings. The summed E-state index contributed by atoms with van der Waals surface area (Å²) in [5.74, 6) is 0.543. The van der Waals surface area contributed by atoms with E-state index in [4.69, 9.17) is 21.1 Å². The Morgan fingerprint density at radius 2 is 1.91 bits per heavy atom. The van der Waals surface area contributed by atoms with Crippen LogP contribution in [0.15, 0.2) is 42.5 Å². The standard InChI is InChI=1S/C17H16ClNO4/c1-22-16-8-13(10-20)4-7-15(16)23-11-17(21)19-9-12-2-5-14(18)6-3-12/h2-8,10H,9,11H2,1H3,(H,19,21). The molecular formula is C17H16ClNO4. The van der Waals surface area contributed by atoms with Crippen LogP contribution < -0.4 is 14.8 Å². The van der Waals surface area contributed by atoms with Crippen molar-refractivity contribution >= 4 is 23.8 Å². The maximum absolute atomic E-state index is 11.8. The zero-order valence-electron chi connectivity index (χ0n) is 12.5. The molecular weight excluding hydrogens is 318 g/mol. The van der Waals surface area contributed by atoms with Gasteiger partial charge in [0.25, 0.3) is 5.91 Å². The second-order valence-electron chi connectivity index (χ2n) is 4.72. The molecule has 2 aromatic carbocycles. The van der Waals surface area contributed by atoms with Crippen molar-refractivity contribution in [3.63, 3.8) is 0 Å². The third kappa shape index (κ3) is 5.00. The number of methoxy groups -OCH3 is 1. The topological polar surface area (TPSA) is 64.6 Å². The van der Waals surface area contributed by atoms with Crippen LogP contribution in [0.4, 0.5) is 0 Å². The minimum atomic E-state index is -0.263. The smallest absolute Gasteiger partial charge is 0.258 e. The molecule has 0 heterocycles. The first-order valence-corrected chi connectivity index (χ1v) is 7.27. The molecule has 23 heavy (non-hydrogen) atoms. The van der Waals surface area contributed by atoms with E-state index in [0.29, 0.717) is 34.9 Å². The van der Waals surface area contributed by atoms with E-state index in [1.807, 2.05) is 12.1 Å². The van der Waals surface area contributed by atoms with Crippen molar-refractivity contribution in [1.82, 2.24) is 5.32 Å². The fraction of sp³-hybridized carbons (Fsp3) is 0.176. The lowest BCUT2D eigenvalue weighted by Crippen LogP contribution is -2.28. The minimum absolute atomic E-state index is 0.148. The van der Waals surface area contributed by atoms with Crippen LogP contribution >= 0.6 is 11.6 Å². The van der Waals surface area contributed by atoms with Crippen LogP contribution in [0.25, 0.3) is 0 Å². The van der Waals surface area contributed by atoms with Crippen molar-refractivity contribution in [1.29, 1.82) is 0 Å². The Morgan fingerprint density at radius 3 is 2.57 bits per heavy atom. The number of rotatable bonds is 7. The molecule has 0 aromatic heterocycles. The molecule has 0 spiro atoms. The van der Waals surface area contributed by atoms with Crippen LogP contribution in [-0.4, -0.2) is 25.9 Å². The lowest BCUT2D eigenvalue weighted by Gasteiger charge is -2.11. The molecule has 5 nitrogen and oxygen atoms in total. The van der Waals surface area contributed by atoms with Gasteiger partial charge in [-0.25, -0.2) is 0 Å². The van der Waals surface area contributed by atoms with Crippen LogP contribution in [0.3, 0.4) is 0 Å². The maximum atomic E-state index is 11.8. The number of ether oxygens (including phenoxy) is 2. The average molecular weight is 334 g/mol. The van der Waals surface area contributed by atoms with E-state index < -0.39 is 0 Å². The molecule has 2 rings (SSSR count). The molecule has 0 atom stereocenters. The van der Waals surface area contributed by atoms with Crippen LogP contribution in [-0.2, 0) is 11.3 Å². The molecule has 0 aliphatic carbocycles. The molecule has 1 amide bonds. The first-order chi connectivity index (χ1) is 11.1.